The first-order valence-electron chi connectivity index (χ1n) is 7.31. The summed E-state index contributed by atoms with van der Waals surface area (Å²) < 4.78 is 2.09. The third-order valence-corrected chi connectivity index (χ3v) is 3.98. The van der Waals surface area contributed by atoms with Crippen LogP contribution in [0.2, 0.25) is 5.02 Å². The predicted molar refractivity (Wildman–Crippen MR) is 89.6 cm³/mol. The first-order valence-corrected chi connectivity index (χ1v) is 7.68. The molecule has 6 heteroatoms. The Morgan fingerprint density at radius 1 is 1.09 bits per heavy atom. The minimum absolute atomic E-state index is 0.629. The predicted octanol–water partition coefficient (Wildman–Crippen LogP) is 3.67. The van der Waals surface area contributed by atoms with Gasteiger partial charge in [0.25, 0.3) is 0 Å². The summed E-state index contributed by atoms with van der Waals surface area (Å²) >= 11 is 6.00. The zero-order valence-electron chi connectivity index (χ0n) is 12.5. The van der Waals surface area contributed by atoms with Crippen molar-refractivity contribution in [2.45, 2.75) is 13.3 Å². The fourth-order valence-corrected chi connectivity index (χ4v) is 2.81. The van der Waals surface area contributed by atoms with Crippen molar-refractivity contribution in [3.05, 3.63) is 71.0 Å². The highest BCUT2D eigenvalue weighted by Gasteiger charge is 2.15. The van der Waals surface area contributed by atoms with Crippen molar-refractivity contribution in [1.29, 1.82) is 0 Å². The third-order valence-electron chi connectivity index (χ3n) is 3.73. The van der Waals surface area contributed by atoms with E-state index in [9.17, 15) is 0 Å². The van der Waals surface area contributed by atoms with E-state index in [1.807, 2.05) is 55.6 Å². The number of aromatic amines is 1. The highest BCUT2D eigenvalue weighted by molar-refractivity contribution is 6.30. The van der Waals surface area contributed by atoms with E-state index in [4.69, 9.17) is 16.6 Å². The second kappa shape index (κ2) is 5.52. The highest BCUT2D eigenvalue weighted by Crippen LogP contribution is 2.27. The van der Waals surface area contributed by atoms with Crippen LogP contribution in [0.4, 0.5) is 0 Å². The van der Waals surface area contributed by atoms with E-state index < -0.39 is 0 Å². The first kappa shape index (κ1) is 14.0. The van der Waals surface area contributed by atoms with E-state index in [-0.39, 0.29) is 0 Å². The maximum atomic E-state index is 6.00. The van der Waals surface area contributed by atoms with Crippen molar-refractivity contribution in [2.75, 3.05) is 0 Å². The number of benzene rings is 1. The maximum Gasteiger partial charge on any atom is 0.137 e. The molecule has 1 N–H and O–H groups in total. The quantitative estimate of drug-likeness (QED) is 0.625. The van der Waals surface area contributed by atoms with Crippen molar-refractivity contribution in [2.24, 2.45) is 0 Å². The van der Waals surface area contributed by atoms with Crippen LogP contribution >= 0.6 is 11.6 Å². The second-order valence-corrected chi connectivity index (χ2v) is 5.81. The Kier molecular flexibility index (Phi) is 3.35. The number of nitrogens with one attached hydrogen (secondary N) is 1. The SMILES string of the molecule is Cc1nnc(Cc2c(-c3ccc(Cl)cc3)nc3ccccn23)[nH]1. The normalized spacial score (nSPS) is 11.2. The lowest BCUT2D eigenvalue weighted by Gasteiger charge is -2.04. The molecule has 114 valence electrons. The number of rotatable bonds is 3. The van der Waals surface area contributed by atoms with Crippen molar-refractivity contribution in [3.8, 4) is 11.3 Å². The zero-order chi connectivity index (χ0) is 15.8. The number of aryl methyl sites for hydroxylation is 1. The smallest absolute Gasteiger partial charge is 0.137 e. The van der Waals surface area contributed by atoms with Crippen LogP contribution in [0.3, 0.4) is 0 Å². The summed E-state index contributed by atoms with van der Waals surface area (Å²) in [5.41, 5.74) is 3.94. The molecular weight excluding hydrogens is 310 g/mol. The summed E-state index contributed by atoms with van der Waals surface area (Å²) in [5.74, 6) is 1.63. The van der Waals surface area contributed by atoms with E-state index >= 15 is 0 Å². The summed E-state index contributed by atoms with van der Waals surface area (Å²) in [4.78, 5) is 7.96. The van der Waals surface area contributed by atoms with Gasteiger partial charge in [0.15, 0.2) is 0 Å². The lowest BCUT2D eigenvalue weighted by atomic mass is 10.1. The molecule has 0 spiro atoms. The van der Waals surface area contributed by atoms with Gasteiger partial charge in [-0.3, -0.25) is 0 Å². The number of pyridine rings is 1. The number of imidazole rings is 1. The number of hydrogen-bond acceptors (Lipinski definition) is 3. The summed E-state index contributed by atoms with van der Waals surface area (Å²) in [7, 11) is 0. The van der Waals surface area contributed by atoms with Crippen LogP contribution in [0.5, 0.6) is 0 Å². The number of fused-ring (bicyclic) bond motifs is 1. The van der Waals surface area contributed by atoms with Crippen molar-refractivity contribution in [3.63, 3.8) is 0 Å². The molecule has 4 aromatic rings. The molecular formula is C17H14ClN5. The van der Waals surface area contributed by atoms with Crippen LogP contribution in [0, 0.1) is 6.92 Å². The van der Waals surface area contributed by atoms with Crippen LogP contribution in [0.15, 0.2) is 48.7 Å². The fourth-order valence-electron chi connectivity index (χ4n) is 2.69. The lowest BCUT2D eigenvalue weighted by Crippen LogP contribution is -1.98. The Hall–Kier alpha value is -2.66. The molecule has 1 aromatic carbocycles. The van der Waals surface area contributed by atoms with Crippen LogP contribution in [-0.2, 0) is 6.42 Å². The Bertz CT molecular complexity index is 968. The summed E-state index contributed by atoms with van der Waals surface area (Å²) in [5, 5.41) is 8.93. The summed E-state index contributed by atoms with van der Waals surface area (Å²) in [6.07, 6.45) is 2.64. The fraction of sp³-hybridized carbons (Fsp3) is 0.118. The molecule has 3 heterocycles. The monoisotopic (exact) mass is 323 g/mol. The molecule has 0 fully saturated rings. The standard InChI is InChI=1S/C17H14ClN5/c1-11-19-15(22-21-11)10-14-17(12-5-7-13(18)8-6-12)20-16-4-2-3-9-23(14)16/h2-9H,10H2,1H3,(H,19,21,22). The summed E-state index contributed by atoms with van der Waals surface area (Å²) in [6, 6.07) is 13.7. The Morgan fingerprint density at radius 2 is 1.91 bits per heavy atom. The van der Waals surface area contributed by atoms with Gasteiger partial charge < -0.3 is 9.38 Å². The van der Waals surface area contributed by atoms with Gasteiger partial charge >= 0.3 is 0 Å². The van der Waals surface area contributed by atoms with Gasteiger partial charge in [0.05, 0.1) is 17.8 Å². The lowest BCUT2D eigenvalue weighted by molar-refractivity contribution is 0.928. The molecule has 0 saturated carbocycles. The van der Waals surface area contributed by atoms with Crippen LogP contribution < -0.4 is 0 Å². The minimum Gasteiger partial charge on any atom is -0.329 e. The van der Waals surface area contributed by atoms with E-state index in [1.54, 1.807) is 0 Å². The number of H-pyrrole nitrogens is 1. The molecule has 23 heavy (non-hydrogen) atoms. The van der Waals surface area contributed by atoms with Crippen molar-refractivity contribution < 1.29 is 0 Å². The van der Waals surface area contributed by atoms with E-state index in [0.29, 0.717) is 11.4 Å². The van der Waals surface area contributed by atoms with Gasteiger partial charge in [-0.1, -0.05) is 29.8 Å². The highest BCUT2D eigenvalue weighted by atomic mass is 35.5. The average Bonchev–Trinajstić information content (AvgIpc) is 3.13. The van der Waals surface area contributed by atoms with Crippen LogP contribution in [0.1, 0.15) is 17.3 Å². The maximum absolute atomic E-state index is 6.00. The van der Waals surface area contributed by atoms with Crippen molar-refractivity contribution >= 4 is 17.2 Å². The first-order chi connectivity index (χ1) is 11.2. The topological polar surface area (TPSA) is 58.9 Å². The molecule has 0 aliphatic heterocycles. The molecule has 0 bridgehead atoms. The van der Waals surface area contributed by atoms with Gasteiger partial charge in [-0.2, -0.15) is 0 Å². The molecule has 0 unspecified atom stereocenters. The van der Waals surface area contributed by atoms with Gasteiger partial charge in [-0.15, -0.1) is 10.2 Å². The Morgan fingerprint density at radius 3 is 2.65 bits per heavy atom. The number of nitrogens with zero attached hydrogens (tertiary/aromatic N) is 4. The van der Waals surface area contributed by atoms with E-state index in [0.717, 1.165) is 34.2 Å². The molecule has 0 amide bonds. The molecule has 3 aromatic heterocycles. The van der Waals surface area contributed by atoms with Gasteiger partial charge in [-0.25, -0.2) is 4.98 Å². The zero-order valence-corrected chi connectivity index (χ0v) is 13.2. The van der Waals surface area contributed by atoms with Gasteiger partial charge in [0, 0.05) is 16.8 Å². The molecule has 5 nitrogen and oxygen atoms in total. The number of aromatic nitrogens is 5. The minimum atomic E-state index is 0.629. The Labute approximate surface area is 138 Å². The van der Waals surface area contributed by atoms with Gasteiger partial charge in [-0.05, 0) is 31.2 Å². The molecule has 0 radical (unpaired) electrons. The largest absolute Gasteiger partial charge is 0.329 e. The molecule has 0 atom stereocenters. The Balaban J connectivity index is 1.88. The summed E-state index contributed by atoms with van der Waals surface area (Å²) in [6.45, 7) is 1.89. The molecule has 0 aliphatic rings. The van der Waals surface area contributed by atoms with E-state index in [1.165, 1.54) is 0 Å². The average molecular weight is 324 g/mol. The van der Waals surface area contributed by atoms with E-state index in [2.05, 4.69) is 19.6 Å². The van der Waals surface area contributed by atoms with Crippen molar-refractivity contribution in [1.82, 2.24) is 24.6 Å². The van der Waals surface area contributed by atoms with Crippen LogP contribution in [0.25, 0.3) is 16.9 Å². The third kappa shape index (κ3) is 2.59. The molecule has 0 saturated heterocycles. The molecule has 0 aliphatic carbocycles. The number of hydrogen-bond donors (Lipinski definition) is 1. The second-order valence-electron chi connectivity index (χ2n) is 5.38. The van der Waals surface area contributed by atoms with Crippen LogP contribution in [-0.4, -0.2) is 24.6 Å². The number of halogens is 1. The van der Waals surface area contributed by atoms with Gasteiger partial charge in [0.2, 0.25) is 0 Å². The van der Waals surface area contributed by atoms with Gasteiger partial charge in [0.1, 0.15) is 17.3 Å². The molecule has 4 rings (SSSR count).